The number of nitrogens with zero attached hydrogens (tertiary/aromatic N) is 1. The molecule has 0 radical (unpaired) electrons. The van der Waals surface area contributed by atoms with Crippen LogP contribution in [0, 0.1) is 10.1 Å². The van der Waals surface area contributed by atoms with Crippen molar-refractivity contribution in [3.63, 3.8) is 0 Å². The molecule has 92 valence electrons. The van der Waals surface area contributed by atoms with Gasteiger partial charge in [0.15, 0.2) is 0 Å². The molecule has 0 saturated carbocycles. The van der Waals surface area contributed by atoms with Crippen LogP contribution in [0.4, 0.5) is 11.4 Å². The molecule has 0 heterocycles. The van der Waals surface area contributed by atoms with Crippen LogP contribution in [-0.4, -0.2) is 17.9 Å². The van der Waals surface area contributed by atoms with Crippen molar-refractivity contribution in [1.82, 2.24) is 0 Å². The van der Waals surface area contributed by atoms with Crippen LogP contribution in [0.3, 0.4) is 0 Å². The Balaban J connectivity index is 2.85. The van der Waals surface area contributed by atoms with Crippen LogP contribution in [0.25, 0.3) is 0 Å². The number of nitrogens with one attached hydrogen (secondary N) is 1. The third kappa shape index (κ3) is 3.75. The van der Waals surface area contributed by atoms with E-state index in [1.807, 2.05) is 6.92 Å². The van der Waals surface area contributed by atoms with Crippen LogP contribution in [0.5, 0.6) is 5.75 Å². The lowest BCUT2D eigenvalue weighted by Gasteiger charge is -2.06. The number of hydrogen-bond acceptors (Lipinski definition) is 4. The number of nitro groups is 1. The van der Waals surface area contributed by atoms with Gasteiger partial charge in [0.25, 0.3) is 5.69 Å². The van der Waals surface area contributed by atoms with Crippen molar-refractivity contribution in [2.45, 2.75) is 19.8 Å². The first-order chi connectivity index (χ1) is 8.19. The number of ether oxygens (including phenoxy) is 1. The molecule has 1 aromatic carbocycles. The number of rotatable bonds is 7. The Kier molecular flexibility index (Phi) is 4.93. The van der Waals surface area contributed by atoms with Crippen molar-refractivity contribution in [3.8, 4) is 5.75 Å². The predicted molar refractivity (Wildman–Crippen MR) is 63.2 cm³/mol. The topological polar surface area (TPSA) is 81.5 Å². The molecular formula is C11H14N2O4. The zero-order chi connectivity index (χ0) is 12.7. The van der Waals surface area contributed by atoms with Gasteiger partial charge >= 0.3 is 0 Å². The van der Waals surface area contributed by atoms with Crippen LogP contribution in [-0.2, 0) is 4.79 Å². The molecule has 0 aliphatic carbocycles. The minimum absolute atomic E-state index is 0.160. The van der Waals surface area contributed by atoms with Gasteiger partial charge in [-0.25, -0.2) is 0 Å². The Hall–Kier alpha value is -2.11. The highest BCUT2D eigenvalue weighted by atomic mass is 16.6. The fraction of sp³-hybridized carbons (Fsp3) is 0.364. The van der Waals surface area contributed by atoms with Crippen molar-refractivity contribution in [2.24, 2.45) is 0 Å². The molecule has 0 aliphatic heterocycles. The maximum absolute atomic E-state index is 10.8. The van der Waals surface area contributed by atoms with E-state index in [2.05, 4.69) is 5.32 Å². The van der Waals surface area contributed by atoms with Crippen LogP contribution in [0.2, 0.25) is 0 Å². The molecule has 0 fully saturated rings. The number of carbonyl (C=O) groups is 1. The van der Waals surface area contributed by atoms with Crippen LogP contribution in [0.1, 0.15) is 19.8 Å². The minimum atomic E-state index is -0.557. The molecule has 1 N–H and O–H groups in total. The third-order valence-corrected chi connectivity index (χ3v) is 2.15. The number of benzene rings is 1. The molecule has 0 spiro atoms. The summed E-state index contributed by atoms with van der Waals surface area (Å²) in [6, 6.07) is 4.35. The number of nitro benzene ring substituents is 1. The molecule has 6 nitrogen and oxygen atoms in total. The van der Waals surface area contributed by atoms with Gasteiger partial charge in [-0.3, -0.25) is 14.9 Å². The second kappa shape index (κ2) is 6.47. The van der Waals surface area contributed by atoms with Gasteiger partial charge in [-0.05, 0) is 18.6 Å². The molecule has 0 unspecified atom stereocenters. The minimum Gasteiger partial charge on any atom is -0.493 e. The SMILES string of the molecule is CCCCOc1ccc(NC=O)c([N+](=O)[O-])c1. The standard InChI is InChI=1S/C11H14N2O4/c1-2-3-6-17-9-4-5-10(12-8-14)11(7-9)13(15)16/h4-5,7-8H,2-3,6H2,1H3,(H,12,14). The third-order valence-electron chi connectivity index (χ3n) is 2.15. The lowest BCUT2D eigenvalue weighted by Crippen LogP contribution is -2.01. The van der Waals surface area contributed by atoms with Crippen molar-refractivity contribution < 1.29 is 14.5 Å². The summed E-state index contributed by atoms with van der Waals surface area (Å²) in [6.07, 6.45) is 2.29. The van der Waals surface area contributed by atoms with Gasteiger partial charge < -0.3 is 10.1 Å². The van der Waals surface area contributed by atoms with Crippen LogP contribution in [0.15, 0.2) is 18.2 Å². The molecule has 6 heteroatoms. The maximum atomic E-state index is 10.8. The molecule has 0 bridgehead atoms. The van der Waals surface area contributed by atoms with E-state index >= 15 is 0 Å². The van der Waals surface area contributed by atoms with E-state index in [-0.39, 0.29) is 11.4 Å². The zero-order valence-corrected chi connectivity index (χ0v) is 9.51. The fourth-order valence-electron chi connectivity index (χ4n) is 1.27. The van der Waals surface area contributed by atoms with Gasteiger partial charge in [0.1, 0.15) is 11.4 Å². The molecule has 1 aromatic rings. The first-order valence-corrected chi connectivity index (χ1v) is 5.30. The number of hydrogen-bond donors (Lipinski definition) is 1. The van der Waals surface area contributed by atoms with E-state index in [0.717, 1.165) is 12.8 Å². The lowest BCUT2D eigenvalue weighted by atomic mass is 10.2. The van der Waals surface area contributed by atoms with Crippen LogP contribution < -0.4 is 10.1 Å². The first-order valence-electron chi connectivity index (χ1n) is 5.30. The van der Waals surface area contributed by atoms with Gasteiger partial charge in [-0.2, -0.15) is 0 Å². The Morgan fingerprint density at radius 2 is 2.29 bits per heavy atom. The van der Waals surface area contributed by atoms with E-state index < -0.39 is 4.92 Å². The Morgan fingerprint density at radius 1 is 1.53 bits per heavy atom. The highest BCUT2D eigenvalue weighted by Gasteiger charge is 2.14. The van der Waals surface area contributed by atoms with Crippen molar-refractivity contribution in [3.05, 3.63) is 28.3 Å². The largest absolute Gasteiger partial charge is 0.493 e. The lowest BCUT2D eigenvalue weighted by molar-refractivity contribution is -0.384. The van der Waals surface area contributed by atoms with E-state index in [1.54, 1.807) is 6.07 Å². The maximum Gasteiger partial charge on any atom is 0.296 e. The number of amides is 1. The Bertz CT molecular complexity index is 406. The first kappa shape index (κ1) is 13.0. The highest BCUT2D eigenvalue weighted by Crippen LogP contribution is 2.28. The summed E-state index contributed by atoms with van der Waals surface area (Å²) in [7, 11) is 0. The summed E-state index contributed by atoms with van der Waals surface area (Å²) < 4.78 is 5.35. The summed E-state index contributed by atoms with van der Waals surface area (Å²) in [5.74, 6) is 0.432. The van der Waals surface area contributed by atoms with Crippen molar-refractivity contribution in [1.29, 1.82) is 0 Å². The van der Waals surface area contributed by atoms with Crippen LogP contribution >= 0.6 is 0 Å². The van der Waals surface area contributed by atoms with Gasteiger partial charge in [0.2, 0.25) is 6.41 Å². The molecule has 0 aliphatic rings. The second-order valence-corrected chi connectivity index (χ2v) is 3.40. The molecule has 0 saturated heterocycles. The van der Waals surface area contributed by atoms with Crippen molar-refractivity contribution in [2.75, 3.05) is 11.9 Å². The van der Waals surface area contributed by atoms with E-state index in [4.69, 9.17) is 4.74 Å². The highest BCUT2D eigenvalue weighted by molar-refractivity contribution is 5.78. The second-order valence-electron chi connectivity index (χ2n) is 3.40. The zero-order valence-electron chi connectivity index (χ0n) is 9.51. The Morgan fingerprint density at radius 3 is 2.88 bits per heavy atom. The fourth-order valence-corrected chi connectivity index (χ4v) is 1.27. The average molecular weight is 238 g/mol. The molecular weight excluding hydrogens is 224 g/mol. The van der Waals surface area contributed by atoms with E-state index in [9.17, 15) is 14.9 Å². The van der Waals surface area contributed by atoms with E-state index in [1.165, 1.54) is 12.1 Å². The number of anilines is 1. The van der Waals surface area contributed by atoms with E-state index in [0.29, 0.717) is 18.8 Å². The Labute approximate surface area is 98.7 Å². The van der Waals surface area contributed by atoms with Gasteiger partial charge in [-0.15, -0.1) is 0 Å². The van der Waals surface area contributed by atoms with Gasteiger partial charge in [0, 0.05) is 0 Å². The normalized spacial score (nSPS) is 9.71. The summed E-state index contributed by atoms with van der Waals surface area (Å²) in [5, 5.41) is 13.0. The molecule has 0 atom stereocenters. The monoisotopic (exact) mass is 238 g/mol. The quantitative estimate of drug-likeness (QED) is 0.342. The summed E-state index contributed by atoms with van der Waals surface area (Å²) >= 11 is 0. The average Bonchev–Trinajstić information content (AvgIpc) is 2.31. The predicted octanol–water partition coefficient (Wildman–Crippen LogP) is 2.34. The van der Waals surface area contributed by atoms with Gasteiger partial charge in [0.05, 0.1) is 17.6 Å². The molecule has 0 aromatic heterocycles. The summed E-state index contributed by atoms with van der Waals surface area (Å²) in [4.78, 5) is 20.5. The van der Waals surface area contributed by atoms with Crippen molar-refractivity contribution >= 4 is 17.8 Å². The smallest absolute Gasteiger partial charge is 0.296 e. The molecule has 1 amide bonds. The summed E-state index contributed by atoms with van der Waals surface area (Å²) in [6.45, 7) is 2.55. The number of carbonyl (C=O) groups excluding carboxylic acids is 1. The summed E-state index contributed by atoms with van der Waals surface area (Å²) in [5.41, 5.74) is -0.0149. The number of unbranched alkanes of at least 4 members (excludes halogenated alkanes) is 1. The molecule has 1 rings (SSSR count). The molecule has 17 heavy (non-hydrogen) atoms. The van der Waals surface area contributed by atoms with Gasteiger partial charge in [-0.1, -0.05) is 13.3 Å².